The lowest BCUT2D eigenvalue weighted by molar-refractivity contribution is -0.184. The zero-order chi connectivity index (χ0) is 16.8. The first-order valence-corrected chi connectivity index (χ1v) is 9.10. The Bertz CT molecular complexity index is 464. The van der Waals surface area contributed by atoms with Crippen molar-refractivity contribution in [1.29, 1.82) is 0 Å². The molecule has 3 saturated carbocycles. The first kappa shape index (κ1) is 17.4. The quantitative estimate of drug-likeness (QED) is 0.551. The van der Waals surface area contributed by atoms with Crippen LogP contribution in [0.3, 0.4) is 0 Å². The van der Waals surface area contributed by atoms with Crippen molar-refractivity contribution in [3.63, 3.8) is 0 Å². The third-order valence-electron chi connectivity index (χ3n) is 7.54. The topological polar surface area (TPSA) is 69.9 Å². The van der Waals surface area contributed by atoms with Crippen LogP contribution >= 0.6 is 0 Å². The van der Waals surface area contributed by atoms with Gasteiger partial charge in [-0.3, -0.25) is 0 Å². The SMILES string of the molecule is C=C1CCC2[C@@H](OCO)C([C@@]3(C)CC[C@H](O)C[C@@H]3O)CC[C@]12C. The molecular weight excluding hydrogens is 292 g/mol. The van der Waals surface area contributed by atoms with Gasteiger partial charge in [-0.2, -0.15) is 0 Å². The molecule has 0 heterocycles. The van der Waals surface area contributed by atoms with E-state index < -0.39 is 12.2 Å². The maximum Gasteiger partial charge on any atom is 0.143 e. The maximum atomic E-state index is 10.7. The van der Waals surface area contributed by atoms with Crippen molar-refractivity contribution in [2.24, 2.45) is 22.7 Å². The summed E-state index contributed by atoms with van der Waals surface area (Å²) in [6.45, 7) is 8.45. The summed E-state index contributed by atoms with van der Waals surface area (Å²) in [5.74, 6) is 0.595. The molecule has 2 unspecified atom stereocenters. The Labute approximate surface area is 139 Å². The highest BCUT2D eigenvalue weighted by atomic mass is 16.6. The monoisotopic (exact) mass is 324 g/mol. The smallest absolute Gasteiger partial charge is 0.143 e. The molecule has 3 aliphatic rings. The molecule has 4 heteroatoms. The van der Waals surface area contributed by atoms with Crippen molar-refractivity contribution >= 4 is 0 Å². The molecule has 132 valence electrons. The number of aliphatic hydroxyl groups is 3. The number of ether oxygens (including phenoxy) is 1. The maximum absolute atomic E-state index is 10.7. The third kappa shape index (κ3) is 2.68. The van der Waals surface area contributed by atoms with Gasteiger partial charge in [0.25, 0.3) is 0 Å². The van der Waals surface area contributed by atoms with E-state index in [4.69, 9.17) is 4.74 Å². The van der Waals surface area contributed by atoms with Crippen molar-refractivity contribution in [3.05, 3.63) is 12.2 Å². The van der Waals surface area contributed by atoms with Crippen LogP contribution in [0.15, 0.2) is 12.2 Å². The Kier molecular flexibility index (Phi) is 4.65. The zero-order valence-corrected chi connectivity index (χ0v) is 14.5. The van der Waals surface area contributed by atoms with Gasteiger partial charge in [-0.1, -0.05) is 26.0 Å². The molecule has 0 aromatic carbocycles. The van der Waals surface area contributed by atoms with Gasteiger partial charge in [-0.25, -0.2) is 0 Å². The van der Waals surface area contributed by atoms with Crippen LogP contribution in [-0.2, 0) is 4.74 Å². The predicted molar refractivity (Wildman–Crippen MR) is 88.6 cm³/mol. The van der Waals surface area contributed by atoms with E-state index >= 15 is 0 Å². The van der Waals surface area contributed by atoms with Gasteiger partial charge in [0, 0.05) is 0 Å². The summed E-state index contributed by atoms with van der Waals surface area (Å²) < 4.78 is 5.86. The van der Waals surface area contributed by atoms with E-state index in [9.17, 15) is 15.3 Å². The number of hydrogen-bond donors (Lipinski definition) is 3. The third-order valence-corrected chi connectivity index (χ3v) is 7.54. The normalized spacial score (nSPS) is 50.8. The zero-order valence-electron chi connectivity index (χ0n) is 14.5. The van der Waals surface area contributed by atoms with E-state index in [1.165, 1.54) is 5.57 Å². The summed E-state index contributed by atoms with van der Waals surface area (Å²) in [4.78, 5) is 0. The second kappa shape index (κ2) is 6.14. The Morgan fingerprint density at radius 1 is 1.13 bits per heavy atom. The summed E-state index contributed by atoms with van der Waals surface area (Å²) in [5.41, 5.74) is 1.17. The number of fused-ring (bicyclic) bond motifs is 1. The second-order valence-corrected chi connectivity index (χ2v) is 8.52. The van der Waals surface area contributed by atoms with Gasteiger partial charge in [-0.05, 0) is 67.6 Å². The molecule has 3 rings (SSSR count). The molecule has 0 amide bonds. The van der Waals surface area contributed by atoms with Crippen LogP contribution < -0.4 is 0 Å². The van der Waals surface area contributed by atoms with E-state index in [2.05, 4.69) is 20.4 Å². The lowest BCUT2D eigenvalue weighted by Gasteiger charge is -2.55. The highest BCUT2D eigenvalue weighted by Gasteiger charge is 2.57. The van der Waals surface area contributed by atoms with Gasteiger partial charge in [0.15, 0.2) is 0 Å². The van der Waals surface area contributed by atoms with Gasteiger partial charge in [0.1, 0.15) is 6.79 Å². The minimum atomic E-state index is -0.505. The van der Waals surface area contributed by atoms with E-state index in [0.29, 0.717) is 12.3 Å². The minimum Gasteiger partial charge on any atom is -0.393 e. The number of rotatable bonds is 3. The largest absolute Gasteiger partial charge is 0.393 e. The first-order valence-electron chi connectivity index (χ1n) is 9.10. The average molecular weight is 324 g/mol. The molecule has 3 N–H and O–H groups in total. The lowest BCUT2D eigenvalue weighted by Crippen LogP contribution is -2.55. The summed E-state index contributed by atoms with van der Waals surface area (Å²) in [6, 6.07) is 0. The van der Waals surface area contributed by atoms with Crippen molar-refractivity contribution in [3.8, 4) is 0 Å². The summed E-state index contributed by atoms with van der Waals surface area (Å²) in [6.07, 6.45) is 5.24. The van der Waals surface area contributed by atoms with E-state index in [1.807, 2.05) is 0 Å². The molecule has 0 spiro atoms. The van der Waals surface area contributed by atoms with Crippen molar-refractivity contribution in [1.82, 2.24) is 0 Å². The molecule has 3 aliphatic carbocycles. The molecule has 0 radical (unpaired) electrons. The van der Waals surface area contributed by atoms with Gasteiger partial charge in [0.2, 0.25) is 0 Å². The van der Waals surface area contributed by atoms with Crippen molar-refractivity contribution < 1.29 is 20.1 Å². The Morgan fingerprint density at radius 3 is 2.52 bits per heavy atom. The van der Waals surface area contributed by atoms with Gasteiger partial charge in [0.05, 0.1) is 18.3 Å². The number of allylic oxidation sites excluding steroid dienone is 1. The molecule has 0 aliphatic heterocycles. The molecule has 3 fully saturated rings. The molecule has 7 atom stereocenters. The van der Waals surface area contributed by atoms with E-state index in [-0.39, 0.29) is 29.6 Å². The van der Waals surface area contributed by atoms with Crippen LogP contribution in [0.5, 0.6) is 0 Å². The minimum absolute atomic E-state index is 0.0344. The summed E-state index contributed by atoms with van der Waals surface area (Å²) in [7, 11) is 0. The fourth-order valence-electron chi connectivity index (χ4n) is 5.73. The van der Waals surface area contributed by atoms with Gasteiger partial charge < -0.3 is 20.1 Å². The van der Waals surface area contributed by atoms with Crippen LogP contribution in [0.25, 0.3) is 0 Å². The molecule has 0 aromatic rings. The van der Waals surface area contributed by atoms with Crippen molar-refractivity contribution in [2.75, 3.05) is 6.79 Å². The molecule has 0 saturated heterocycles. The van der Waals surface area contributed by atoms with Crippen molar-refractivity contribution in [2.45, 2.75) is 77.1 Å². The number of aliphatic hydroxyl groups excluding tert-OH is 3. The second-order valence-electron chi connectivity index (χ2n) is 8.52. The Morgan fingerprint density at radius 2 is 1.87 bits per heavy atom. The lowest BCUT2D eigenvalue weighted by atomic mass is 9.54. The Hall–Kier alpha value is -0.420. The standard InChI is InChI=1S/C19H32O4/c1-12-4-5-14-17(23-11-20)15(7-9-18(12,14)2)19(3)8-6-13(21)10-16(19)22/h13-17,20-22H,1,4-11H2,2-3H3/t13-,14?,15?,16-,17+,18+,19+/m0/s1. The van der Waals surface area contributed by atoms with E-state index in [1.54, 1.807) is 0 Å². The summed E-state index contributed by atoms with van der Waals surface area (Å²) in [5, 5.41) is 30.0. The van der Waals surface area contributed by atoms with Crippen LogP contribution in [0.4, 0.5) is 0 Å². The molecule has 0 bridgehead atoms. The number of hydrogen-bond acceptors (Lipinski definition) is 4. The van der Waals surface area contributed by atoms with Gasteiger partial charge in [-0.15, -0.1) is 0 Å². The predicted octanol–water partition coefficient (Wildman–Crippen LogP) is 2.62. The van der Waals surface area contributed by atoms with E-state index in [0.717, 1.165) is 38.5 Å². The molecular formula is C19H32O4. The first-order chi connectivity index (χ1) is 10.8. The van der Waals surface area contributed by atoms with Crippen LogP contribution in [0, 0.1) is 22.7 Å². The van der Waals surface area contributed by atoms with Crippen LogP contribution in [-0.4, -0.2) is 40.4 Å². The Balaban J connectivity index is 1.88. The molecule has 0 aromatic heterocycles. The van der Waals surface area contributed by atoms with Crippen LogP contribution in [0.1, 0.15) is 58.8 Å². The highest BCUT2D eigenvalue weighted by Crippen LogP contribution is 2.60. The van der Waals surface area contributed by atoms with Gasteiger partial charge >= 0.3 is 0 Å². The fourth-order valence-corrected chi connectivity index (χ4v) is 5.73. The molecule has 4 nitrogen and oxygen atoms in total. The van der Waals surface area contributed by atoms with Crippen LogP contribution in [0.2, 0.25) is 0 Å². The molecule has 23 heavy (non-hydrogen) atoms. The average Bonchev–Trinajstić information content (AvgIpc) is 2.80. The highest BCUT2D eigenvalue weighted by molar-refractivity contribution is 5.21. The fraction of sp³-hybridized carbons (Fsp3) is 0.895. The summed E-state index contributed by atoms with van der Waals surface area (Å²) >= 11 is 0.